The van der Waals surface area contributed by atoms with E-state index in [1.165, 1.54) is 45.9 Å². The highest BCUT2D eigenvalue weighted by Crippen LogP contribution is 2.65. The van der Waals surface area contributed by atoms with Crippen LogP contribution in [-0.2, 0) is 42.9 Å². The SMILES string of the molecule is CC(=O)OC1C(C)=CC2OC(=O)C3(C)OC23C(OC(C)=O)C2C(C)(O)C(OC(C)=O)C=CC2(C)C(O)C1O. The lowest BCUT2D eigenvalue weighted by atomic mass is 9.55. The minimum absolute atomic E-state index is 0.247. The van der Waals surface area contributed by atoms with E-state index in [1.807, 2.05) is 0 Å². The number of esters is 4. The molecule has 11 unspecified atom stereocenters. The Morgan fingerprint density at radius 2 is 1.55 bits per heavy atom. The summed E-state index contributed by atoms with van der Waals surface area (Å²) in [6.07, 6.45) is -4.49. The zero-order valence-corrected chi connectivity index (χ0v) is 22.3. The number of epoxide rings is 1. The van der Waals surface area contributed by atoms with Gasteiger partial charge in [-0.2, -0.15) is 0 Å². The summed E-state index contributed by atoms with van der Waals surface area (Å²) in [6.45, 7) is 9.26. The summed E-state index contributed by atoms with van der Waals surface area (Å²) in [5, 5.41) is 35.0. The van der Waals surface area contributed by atoms with E-state index < -0.39 is 88.6 Å². The maximum absolute atomic E-state index is 13.0. The molecule has 0 aromatic rings. The Labute approximate surface area is 219 Å². The maximum Gasteiger partial charge on any atom is 0.342 e. The topological polar surface area (TPSA) is 178 Å². The third-order valence-corrected chi connectivity index (χ3v) is 8.37. The molecule has 2 heterocycles. The molecule has 4 rings (SSSR count). The van der Waals surface area contributed by atoms with Crippen molar-refractivity contribution in [2.24, 2.45) is 11.3 Å². The number of fused-ring (bicyclic) bond motifs is 1. The average molecular weight is 539 g/mol. The normalized spacial score (nSPS) is 47.4. The van der Waals surface area contributed by atoms with Crippen molar-refractivity contribution in [3.05, 3.63) is 23.8 Å². The van der Waals surface area contributed by atoms with Crippen molar-refractivity contribution in [3.63, 3.8) is 0 Å². The van der Waals surface area contributed by atoms with Crippen molar-refractivity contribution in [2.45, 2.75) is 102 Å². The van der Waals surface area contributed by atoms with Gasteiger partial charge in [0.2, 0.25) is 0 Å². The van der Waals surface area contributed by atoms with E-state index in [0.29, 0.717) is 0 Å². The number of ether oxygens (including phenoxy) is 5. The summed E-state index contributed by atoms with van der Waals surface area (Å²) in [5.74, 6) is -4.32. The Kier molecular flexibility index (Phi) is 6.58. The highest BCUT2D eigenvalue weighted by atomic mass is 16.7. The first-order valence-electron chi connectivity index (χ1n) is 12.3. The molecule has 0 saturated carbocycles. The Morgan fingerprint density at radius 1 is 0.974 bits per heavy atom. The van der Waals surface area contributed by atoms with E-state index in [1.54, 1.807) is 0 Å². The maximum atomic E-state index is 13.0. The summed E-state index contributed by atoms with van der Waals surface area (Å²) in [7, 11) is 0. The summed E-state index contributed by atoms with van der Waals surface area (Å²) >= 11 is 0. The van der Waals surface area contributed by atoms with Crippen molar-refractivity contribution in [1.29, 1.82) is 0 Å². The second-order valence-electron chi connectivity index (χ2n) is 11.1. The molecule has 2 fully saturated rings. The molecular weight excluding hydrogens is 504 g/mol. The lowest BCUT2D eigenvalue weighted by Crippen LogP contribution is -2.68. The highest BCUT2D eigenvalue weighted by molar-refractivity contribution is 5.89. The molecule has 12 heteroatoms. The molecule has 0 amide bonds. The predicted molar refractivity (Wildman–Crippen MR) is 126 cm³/mol. The minimum atomic E-state index is -2.04. The van der Waals surface area contributed by atoms with Crippen molar-refractivity contribution < 1.29 is 58.2 Å². The van der Waals surface area contributed by atoms with Crippen molar-refractivity contribution in [2.75, 3.05) is 0 Å². The number of hydrogen-bond donors (Lipinski definition) is 3. The number of rotatable bonds is 3. The van der Waals surface area contributed by atoms with Crippen LogP contribution >= 0.6 is 0 Å². The number of carbonyl (C=O) groups is 4. The largest absolute Gasteiger partial charge is 0.459 e. The first-order chi connectivity index (χ1) is 17.4. The average Bonchev–Trinajstić information content (AvgIpc) is 3.38. The quantitative estimate of drug-likeness (QED) is 0.188. The molecule has 3 N–H and O–H groups in total. The fraction of sp³-hybridized carbons (Fsp3) is 0.692. The Bertz CT molecular complexity index is 1130. The van der Waals surface area contributed by atoms with E-state index in [0.717, 1.165) is 20.8 Å². The molecule has 210 valence electrons. The van der Waals surface area contributed by atoms with Crippen molar-refractivity contribution >= 4 is 23.9 Å². The van der Waals surface area contributed by atoms with Crippen LogP contribution in [0.2, 0.25) is 0 Å². The Morgan fingerprint density at radius 3 is 2.08 bits per heavy atom. The Balaban J connectivity index is 2.03. The first kappa shape index (κ1) is 28.2. The van der Waals surface area contributed by atoms with Crippen molar-refractivity contribution in [3.8, 4) is 0 Å². The summed E-state index contributed by atoms with van der Waals surface area (Å²) in [5.41, 5.74) is -6.67. The van der Waals surface area contributed by atoms with Crippen LogP contribution in [0.5, 0.6) is 0 Å². The van der Waals surface area contributed by atoms with Crippen LogP contribution in [0, 0.1) is 11.3 Å². The summed E-state index contributed by atoms with van der Waals surface area (Å²) in [4.78, 5) is 49.3. The van der Waals surface area contributed by atoms with Crippen molar-refractivity contribution in [1.82, 2.24) is 0 Å². The smallest absolute Gasteiger partial charge is 0.342 e. The zero-order chi connectivity index (χ0) is 28.6. The van der Waals surface area contributed by atoms with Crippen LogP contribution in [0.25, 0.3) is 0 Å². The molecule has 12 nitrogen and oxygen atoms in total. The van der Waals surface area contributed by atoms with Gasteiger partial charge < -0.3 is 39.0 Å². The Hall–Kier alpha value is -2.80. The molecule has 2 aliphatic heterocycles. The number of hydrogen-bond acceptors (Lipinski definition) is 12. The van der Waals surface area contributed by atoms with Gasteiger partial charge in [-0.15, -0.1) is 0 Å². The molecule has 2 aliphatic carbocycles. The fourth-order valence-corrected chi connectivity index (χ4v) is 6.52. The van der Waals surface area contributed by atoms with E-state index in [9.17, 15) is 34.5 Å². The number of aliphatic hydroxyl groups excluding tert-OH is 2. The molecule has 1 spiro atoms. The molecule has 4 aliphatic rings. The molecule has 0 radical (unpaired) electrons. The van der Waals surface area contributed by atoms with Crippen LogP contribution < -0.4 is 0 Å². The van der Waals surface area contributed by atoms with Gasteiger partial charge in [0.05, 0.1) is 6.10 Å². The standard InChI is InChI=1S/C26H34O12/c1-11-10-16-26(25(7,38-26)22(32)37-16)21(36-14(4)29)19-23(5,20(31)17(30)18(11)35-13(3)28)9-8-15(24(19,6)33)34-12(2)27/h8-10,15-21,30-31,33H,1-7H3. The molecule has 0 aromatic heterocycles. The highest BCUT2D eigenvalue weighted by Gasteiger charge is 2.87. The van der Waals surface area contributed by atoms with Gasteiger partial charge in [0.15, 0.2) is 23.4 Å². The number of aliphatic hydroxyl groups is 3. The number of carbonyl (C=O) groups excluding carboxylic acids is 4. The van der Waals surface area contributed by atoms with Gasteiger partial charge in [0.1, 0.15) is 23.9 Å². The lowest BCUT2D eigenvalue weighted by Gasteiger charge is -2.55. The van der Waals surface area contributed by atoms with E-state index in [-0.39, 0.29) is 5.57 Å². The first-order valence-corrected chi connectivity index (χ1v) is 12.3. The van der Waals surface area contributed by atoms with Crippen LogP contribution in [-0.4, -0.2) is 92.6 Å². The van der Waals surface area contributed by atoms with Gasteiger partial charge in [-0.25, -0.2) is 4.79 Å². The van der Waals surface area contributed by atoms with Crippen LogP contribution in [0.1, 0.15) is 48.5 Å². The van der Waals surface area contributed by atoms with E-state index in [4.69, 9.17) is 23.7 Å². The molecule has 2 saturated heterocycles. The predicted octanol–water partition coefficient (Wildman–Crippen LogP) is -0.140. The molecule has 0 bridgehead atoms. The van der Waals surface area contributed by atoms with Gasteiger partial charge >= 0.3 is 23.9 Å². The monoisotopic (exact) mass is 538 g/mol. The minimum Gasteiger partial charge on any atom is -0.459 e. The zero-order valence-electron chi connectivity index (χ0n) is 22.3. The van der Waals surface area contributed by atoms with Gasteiger partial charge in [-0.3, -0.25) is 14.4 Å². The molecular formula is C26H34O12. The third-order valence-electron chi connectivity index (χ3n) is 8.37. The van der Waals surface area contributed by atoms with Crippen LogP contribution in [0.15, 0.2) is 23.8 Å². The second-order valence-corrected chi connectivity index (χ2v) is 11.1. The molecule has 38 heavy (non-hydrogen) atoms. The van der Waals surface area contributed by atoms with Gasteiger partial charge in [-0.1, -0.05) is 13.0 Å². The van der Waals surface area contributed by atoms with E-state index >= 15 is 0 Å². The van der Waals surface area contributed by atoms with Gasteiger partial charge in [-0.05, 0) is 38.5 Å². The van der Waals surface area contributed by atoms with E-state index in [2.05, 4.69) is 0 Å². The molecule has 0 aromatic carbocycles. The second kappa shape index (κ2) is 8.87. The third kappa shape index (κ3) is 3.88. The lowest BCUT2D eigenvalue weighted by molar-refractivity contribution is -0.225. The van der Waals surface area contributed by atoms with Crippen LogP contribution in [0.4, 0.5) is 0 Å². The summed E-state index contributed by atoms with van der Waals surface area (Å²) in [6, 6.07) is 0. The fourth-order valence-electron chi connectivity index (χ4n) is 6.52. The van der Waals surface area contributed by atoms with Crippen LogP contribution in [0.3, 0.4) is 0 Å². The summed E-state index contributed by atoms with van der Waals surface area (Å²) < 4.78 is 28.2. The molecule has 11 atom stereocenters. The van der Waals surface area contributed by atoms with Gasteiger partial charge in [0.25, 0.3) is 0 Å². The van der Waals surface area contributed by atoms with Gasteiger partial charge in [0, 0.05) is 32.1 Å².